The molecule has 53 heavy (non-hydrogen) atoms. The van der Waals surface area contributed by atoms with Crippen molar-refractivity contribution in [2.75, 3.05) is 13.1 Å². The standard InChI is InChI=1S/C43H35F2N7O/c44-39(45)28-47-27-37(29-13-5-1-6-14-29)50-42(53)41-48-35-25-34-38(26-36(35)49-41)52(51-40(34)30-21-23-46-24-22-30)43(31-15-7-2-8-16-31,32-17-9-3-10-18-32)33-19-11-4-12-20-33/h1-26,37,39,47H,27-28H2,(H,48,49)(H,50,53)/t37-/m1/s1. The summed E-state index contributed by atoms with van der Waals surface area (Å²) in [7, 11) is 0. The van der Waals surface area contributed by atoms with Gasteiger partial charge in [0.15, 0.2) is 5.82 Å². The lowest BCUT2D eigenvalue weighted by molar-refractivity contribution is 0.0925. The number of benzene rings is 5. The number of halogens is 2. The van der Waals surface area contributed by atoms with Crippen LogP contribution in [0.4, 0.5) is 8.78 Å². The van der Waals surface area contributed by atoms with Gasteiger partial charge in [-0.2, -0.15) is 5.10 Å². The first-order chi connectivity index (χ1) is 26.0. The Morgan fingerprint density at radius 1 is 0.736 bits per heavy atom. The molecule has 0 bridgehead atoms. The van der Waals surface area contributed by atoms with E-state index in [-0.39, 0.29) is 12.4 Å². The summed E-state index contributed by atoms with van der Waals surface area (Å²) >= 11 is 0. The summed E-state index contributed by atoms with van der Waals surface area (Å²) in [6.45, 7) is -0.362. The lowest BCUT2D eigenvalue weighted by Crippen LogP contribution is -2.38. The van der Waals surface area contributed by atoms with Gasteiger partial charge in [0, 0.05) is 29.9 Å². The third-order valence-corrected chi connectivity index (χ3v) is 9.50. The molecular formula is C43H35F2N7O. The predicted molar refractivity (Wildman–Crippen MR) is 203 cm³/mol. The largest absolute Gasteiger partial charge is 0.341 e. The van der Waals surface area contributed by atoms with Crippen LogP contribution in [0.5, 0.6) is 0 Å². The number of amides is 1. The summed E-state index contributed by atoms with van der Waals surface area (Å²) in [6, 6.07) is 47.5. The molecule has 3 aromatic heterocycles. The zero-order chi connectivity index (χ0) is 36.2. The number of imidazole rings is 1. The van der Waals surface area contributed by atoms with Crippen LogP contribution in [-0.2, 0) is 5.54 Å². The van der Waals surface area contributed by atoms with Gasteiger partial charge in [-0.05, 0) is 46.5 Å². The van der Waals surface area contributed by atoms with Crippen molar-refractivity contribution in [2.24, 2.45) is 0 Å². The van der Waals surface area contributed by atoms with E-state index < -0.39 is 30.5 Å². The number of nitrogens with zero attached hydrogens (tertiary/aromatic N) is 4. The highest BCUT2D eigenvalue weighted by Crippen LogP contribution is 2.44. The monoisotopic (exact) mass is 703 g/mol. The van der Waals surface area contributed by atoms with Crippen molar-refractivity contribution in [3.8, 4) is 11.3 Å². The number of nitrogens with one attached hydrogen (secondary N) is 3. The molecule has 5 aromatic carbocycles. The Hall–Kier alpha value is -6.52. The van der Waals surface area contributed by atoms with E-state index in [1.165, 1.54) is 0 Å². The van der Waals surface area contributed by atoms with E-state index >= 15 is 0 Å². The number of hydrogen-bond donors (Lipinski definition) is 3. The van der Waals surface area contributed by atoms with Gasteiger partial charge < -0.3 is 15.6 Å². The fourth-order valence-electron chi connectivity index (χ4n) is 7.11. The number of H-pyrrole nitrogens is 1. The summed E-state index contributed by atoms with van der Waals surface area (Å²) in [5.41, 5.74) is 6.56. The zero-order valence-electron chi connectivity index (χ0n) is 28.5. The molecule has 0 aliphatic rings. The van der Waals surface area contributed by atoms with Crippen LogP contribution in [-0.4, -0.2) is 50.2 Å². The highest BCUT2D eigenvalue weighted by molar-refractivity contribution is 6.03. The second-order valence-electron chi connectivity index (χ2n) is 12.8. The molecule has 8 rings (SSSR count). The van der Waals surface area contributed by atoms with Crippen LogP contribution in [0.15, 0.2) is 158 Å². The number of aromatic amines is 1. The van der Waals surface area contributed by atoms with Crippen LogP contribution >= 0.6 is 0 Å². The van der Waals surface area contributed by atoms with Gasteiger partial charge in [-0.1, -0.05) is 121 Å². The smallest absolute Gasteiger partial charge is 0.287 e. The first-order valence-corrected chi connectivity index (χ1v) is 17.4. The van der Waals surface area contributed by atoms with Gasteiger partial charge in [0.1, 0.15) is 11.2 Å². The van der Waals surface area contributed by atoms with Gasteiger partial charge in [-0.15, -0.1) is 0 Å². The molecule has 0 radical (unpaired) electrons. The lowest BCUT2D eigenvalue weighted by atomic mass is 9.77. The molecule has 8 nitrogen and oxygen atoms in total. The number of alkyl halides is 2. The van der Waals surface area contributed by atoms with Crippen LogP contribution in [0.3, 0.4) is 0 Å². The second kappa shape index (κ2) is 14.6. The molecule has 10 heteroatoms. The molecule has 0 aliphatic heterocycles. The van der Waals surface area contributed by atoms with Gasteiger partial charge in [-0.25, -0.2) is 18.4 Å². The van der Waals surface area contributed by atoms with Crippen molar-refractivity contribution in [3.05, 3.63) is 186 Å². The molecule has 0 spiro atoms. The van der Waals surface area contributed by atoms with Gasteiger partial charge in [0.2, 0.25) is 0 Å². The highest BCUT2D eigenvalue weighted by atomic mass is 19.3. The van der Waals surface area contributed by atoms with Gasteiger partial charge in [-0.3, -0.25) is 9.78 Å². The number of rotatable bonds is 12. The SMILES string of the molecule is O=C(N[C@H](CNCC(F)F)c1ccccc1)c1nc2cc3c(-c4ccncc4)nn(C(c4ccccc4)(c4ccccc4)c4ccccc4)c3cc2[nH]1. The molecule has 8 aromatic rings. The minimum absolute atomic E-state index is 0.104. The predicted octanol–water partition coefficient (Wildman–Crippen LogP) is 8.14. The van der Waals surface area contributed by atoms with E-state index in [1.54, 1.807) is 12.4 Å². The van der Waals surface area contributed by atoms with Crippen LogP contribution in [0.1, 0.15) is 38.9 Å². The molecule has 1 amide bonds. The zero-order valence-corrected chi connectivity index (χ0v) is 28.5. The summed E-state index contributed by atoms with van der Waals surface area (Å²) in [6.07, 6.45) is 0.978. The molecular weight excluding hydrogens is 669 g/mol. The summed E-state index contributed by atoms with van der Waals surface area (Å²) in [5.74, 6) is -0.353. The van der Waals surface area contributed by atoms with Crippen molar-refractivity contribution in [3.63, 3.8) is 0 Å². The molecule has 0 saturated carbocycles. The average Bonchev–Trinajstić information content (AvgIpc) is 3.80. The van der Waals surface area contributed by atoms with Crippen molar-refractivity contribution in [1.29, 1.82) is 0 Å². The maximum atomic E-state index is 13.8. The molecule has 0 aliphatic carbocycles. The Morgan fingerprint density at radius 2 is 1.30 bits per heavy atom. The Bertz CT molecular complexity index is 2360. The van der Waals surface area contributed by atoms with Gasteiger partial charge >= 0.3 is 0 Å². The van der Waals surface area contributed by atoms with E-state index in [0.29, 0.717) is 11.0 Å². The Balaban J connectivity index is 1.32. The lowest BCUT2D eigenvalue weighted by Gasteiger charge is -2.37. The van der Waals surface area contributed by atoms with Crippen LogP contribution in [0, 0.1) is 0 Å². The van der Waals surface area contributed by atoms with E-state index in [0.717, 1.165) is 44.4 Å². The van der Waals surface area contributed by atoms with Crippen LogP contribution in [0.2, 0.25) is 0 Å². The van der Waals surface area contributed by atoms with Gasteiger partial charge in [0.05, 0.1) is 29.1 Å². The summed E-state index contributed by atoms with van der Waals surface area (Å²) < 4.78 is 28.0. The van der Waals surface area contributed by atoms with Crippen LogP contribution in [0.25, 0.3) is 33.2 Å². The van der Waals surface area contributed by atoms with Crippen molar-refractivity contribution in [1.82, 2.24) is 35.4 Å². The number of fused-ring (bicyclic) bond motifs is 2. The Morgan fingerprint density at radius 3 is 1.87 bits per heavy atom. The van der Waals surface area contributed by atoms with Gasteiger partial charge in [0.25, 0.3) is 12.3 Å². The first kappa shape index (κ1) is 33.6. The minimum Gasteiger partial charge on any atom is -0.341 e. The van der Waals surface area contributed by atoms with E-state index in [2.05, 4.69) is 61.7 Å². The second-order valence-corrected chi connectivity index (χ2v) is 12.8. The molecule has 3 heterocycles. The number of aromatic nitrogens is 5. The van der Waals surface area contributed by atoms with E-state index in [9.17, 15) is 13.6 Å². The minimum atomic E-state index is -2.51. The molecule has 262 valence electrons. The number of carbonyl (C=O) groups excluding carboxylic acids is 1. The molecule has 0 fully saturated rings. The van der Waals surface area contributed by atoms with E-state index in [4.69, 9.17) is 10.1 Å². The normalized spacial score (nSPS) is 12.4. The highest BCUT2D eigenvalue weighted by Gasteiger charge is 2.41. The van der Waals surface area contributed by atoms with Crippen molar-refractivity contribution < 1.29 is 13.6 Å². The van der Waals surface area contributed by atoms with E-state index in [1.807, 2.05) is 109 Å². The molecule has 1 atom stereocenters. The van der Waals surface area contributed by atoms with Crippen molar-refractivity contribution >= 4 is 27.8 Å². The number of hydrogen-bond acceptors (Lipinski definition) is 5. The number of carbonyl (C=O) groups is 1. The summed E-state index contributed by atoms with van der Waals surface area (Å²) in [4.78, 5) is 26.0. The number of pyridine rings is 1. The quantitative estimate of drug-likeness (QED) is 0.112. The molecule has 3 N–H and O–H groups in total. The Kier molecular flexibility index (Phi) is 9.27. The fourth-order valence-corrected chi connectivity index (χ4v) is 7.11. The molecule has 0 unspecified atom stereocenters. The third kappa shape index (κ3) is 6.45. The van der Waals surface area contributed by atoms with Crippen molar-refractivity contribution in [2.45, 2.75) is 18.0 Å². The maximum Gasteiger partial charge on any atom is 0.287 e. The topological polar surface area (TPSA) is 101 Å². The van der Waals surface area contributed by atoms with Crippen LogP contribution < -0.4 is 10.6 Å². The fraction of sp³-hybridized carbons (Fsp3) is 0.116. The molecule has 0 saturated heterocycles. The Labute approximate surface area is 304 Å². The average molecular weight is 704 g/mol. The third-order valence-electron chi connectivity index (χ3n) is 9.50. The first-order valence-electron chi connectivity index (χ1n) is 17.4. The maximum absolute atomic E-state index is 13.8. The summed E-state index contributed by atoms with van der Waals surface area (Å²) in [5, 5.41) is 12.0.